The van der Waals surface area contributed by atoms with E-state index in [1.54, 1.807) is 6.20 Å². The van der Waals surface area contributed by atoms with Crippen LogP contribution in [0.4, 0.5) is 0 Å². The highest BCUT2D eigenvalue weighted by Gasteiger charge is 2.11. The molecule has 0 saturated carbocycles. The molecule has 3 aromatic rings. The minimum absolute atomic E-state index is 0.124. The molecule has 2 aromatic carbocycles. The summed E-state index contributed by atoms with van der Waals surface area (Å²) in [5.41, 5.74) is 4.08. The number of ether oxygens (including phenoxy) is 1. The lowest BCUT2D eigenvalue weighted by molar-refractivity contribution is -0.136. The van der Waals surface area contributed by atoms with Crippen molar-refractivity contribution in [3.8, 4) is 11.4 Å². The summed E-state index contributed by atoms with van der Waals surface area (Å²) in [5.74, 6) is 0.767. The molecular weight excluding hydrogens is 364 g/mol. The van der Waals surface area contributed by atoms with E-state index in [0.29, 0.717) is 18.1 Å². The molecule has 27 heavy (non-hydrogen) atoms. The maximum absolute atomic E-state index is 10.8. The van der Waals surface area contributed by atoms with E-state index in [1.807, 2.05) is 61.0 Å². The molecule has 3 rings (SSSR count). The molecule has 0 amide bonds. The van der Waals surface area contributed by atoms with Gasteiger partial charge in [0.15, 0.2) is 5.82 Å². The van der Waals surface area contributed by atoms with Gasteiger partial charge in [-0.05, 0) is 67.3 Å². The fourth-order valence-corrected chi connectivity index (χ4v) is 3.07. The molecule has 0 spiro atoms. The van der Waals surface area contributed by atoms with Gasteiger partial charge in [0, 0.05) is 29.5 Å². The maximum Gasteiger partial charge on any atom is 0.303 e. The van der Waals surface area contributed by atoms with Crippen LogP contribution in [0.15, 0.2) is 48.8 Å². The number of carboxylic acid groups (broad SMARTS) is 1. The first-order valence-electron chi connectivity index (χ1n) is 8.67. The van der Waals surface area contributed by atoms with Gasteiger partial charge in [0.1, 0.15) is 12.4 Å². The number of nitrogens with zero attached hydrogens (tertiary/aromatic N) is 2. The van der Waals surface area contributed by atoms with Crippen LogP contribution in [0, 0.1) is 13.8 Å². The SMILES string of the molecule is Cc1c(CCC(=O)O)ccc(OCc2nccn2-c2ccc(Cl)cc2)c1C. The standard InChI is InChI=1S/C21H21ClN2O3/c1-14-15(2)19(9-3-16(14)4-10-21(25)26)27-13-20-23-11-12-24(20)18-7-5-17(22)6-8-18/h3,5-9,11-12H,4,10,13H2,1-2H3,(H,25,26). The smallest absolute Gasteiger partial charge is 0.303 e. The maximum atomic E-state index is 10.8. The monoisotopic (exact) mass is 384 g/mol. The average Bonchev–Trinajstić information content (AvgIpc) is 3.11. The zero-order valence-corrected chi connectivity index (χ0v) is 16.0. The van der Waals surface area contributed by atoms with Crippen LogP contribution in [0.2, 0.25) is 5.02 Å². The van der Waals surface area contributed by atoms with Crippen molar-refractivity contribution in [2.75, 3.05) is 0 Å². The Balaban J connectivity index is 1.74. The molecule has 0 aliphatic carbocycles. The van der Waals surface area contributed by atoms with Gasteiger partial charge in [0.2, 0.25) is 0 Å². The topological polar surface area (TPSA) is 64.3 Å². The normalized spacial score (nSPS) is 10.8. The van der Waals surface area contributed by atoms with E-state index in [0.717, 1.165) is 34.0 Å². The van der Waals surface area contributed by atoms with Crippen molar-refractivity contribution in [1.29, 1.82) is 0 Å². The molecule has 6 heteroatoms. The van der Waals surface area contributed by atoms with Gasteiger partial charge < -0.3 is 14.4 Å². The minimum atomic E-state index is -0.790. The lowest BCUT2D eigenvalue weighted by Crippen LogP contribution is -2.07. The second-order valence-electron chi connectivity index (χ2n) is 6.35. The molecule has 0 fully saturated rings. The predicted molar refractivity (Wildman–Crippen MR) is 105 cm³/mol. The molecule has 0 saturated heterocycles. The fourth-order valence-electron chi connectivity index (χ4n) is 2.94. The molecule has 1 aromatic heterocycles. The Bertz CT molecular complexity index is 949. The van der Waals surface area contributed by atoms with Crippen LogP contribution in [-0.4, -0.2) is 20.6 Å². The van der Waals surface area contributed by atoms with Crippen LogP contribution in [-0.2, 0) is 17.8 Å². The number of halogens is 1. The van der Waals surface area contributed by atoms with Gasteiger partial charge in [0.25, 0.3) is 0 Å². The number of carboxylic acids is 1. The second-order valence-corrected chi connectivity index (χ2v) is 6.78. The largest absolute Gasteiger partial charge is 0.485 e. The third-order valence-corrected chi connectivity index (χ3v) is 4.89. The summed E-state index contributed by atoms with van der Waals surface area (Å²) in [4.78, 5) is 15.2. The Labute approximate surface area is 163 Å². The van der Waals surface area contributed by atoms with E-state index >= 15 is 0 Å². The molecule has 0 aliphatic rings. The number of aryl methyl sites for hydroxylation is 1. The molecular formula is C21H21ClN2O3. The first kappa shape index (κ1) is 19.0. The number of hydrogen-bond acceptors (Lipinski definition) is 3. The molecule has 140 valence electrons. The number of imidazole rings is 1. The Morgan fingerprint density at radius 3 is 2.59 bits per heavy atom. The Morgan fingerprint density at radius 1 is 1.15 bits per heavy atom. The molecule has 1 N–H and O–H groups in total. The lowest BCUT2D eigenvalue weighted by atomic mass is 9.99. The summed E-state index contributed by atoms with van der Waals surface area (Å²) in [5, 5.41) is 9.56. The third-order valence-electron chi connectivity index (χ3n) is 4.64. The van der Waals surface area contributed by atoms with Gasteiger partial charge in [-0.2, -0.15) is 0 Å². The van der Waals surface area contributed by atoms with Crippen LogP contribution in [0.3, 0.4) is 0 Å². The zero-order chi connectivity index (χ0) is 19.4. The number of aromatic nitrogens is 2. The number of aliphatic carboxylic acids is 1. The van der Waals surface area contributed by atoms with E-state index in [-0.39, 0.29) is 6.42 Å². The van der Waals surface area contributed by atoms with E-state index in [1.165, 1.54) is 0 Å². The molecule has 0 aliphatic heterocycles. The first-order valence-corrected chi connectivity index (χ1v) is 9.05. The van der Waals surface area contributed by atoms with Crippen LogP contribution >= 0.6 is 11.6 Å². The molecule has 5 nitrogen and oxygen atoms in total. The van der Waals surface area contributed by atoms with E-state index in [9.17, 15) is 4.79 Å². The van der Waals surface area contributed by atoms with Crippen molar-refractivity contribution in [3.63, 3.8) is 0 Å². The number of benzene rings is 2. The Morgan fingerprint density at radius 2 is 1.89 bits per heavy atom. The van der Waals surface area contributed by atoms with Crippen molar-refractivity contribution in [2.45, 2.75) is 33.3 Å². The highest BCUT2D eigenvalue weighted by atomic mass is 35.5. The van der Waals surface area contributed by atoms with Gasteiger partial charge in [0.05, 0.1) is 0 Å². The van der Waals surface area contributed by atoms with Gasteiger partial charge in [-0.1, -0.05) is 17.7 Å². The van der Waals surface area contributed by atoms with E-state index in [4.69, 9.17) is 21.4 Å². The van der Waals surface area contributed by atoms with Crippen LogP contribution in [0.5, 0.6) is 5.75 Å². The Kier molecular flexibility index (Phi) is 5.81. The van der Waals surface area contributed by atoms with E-state index in [2.05, 4.69) is 4.98 Å². The second kappa shape index (κ2) is 8.27. The molecule has 0 unspecified atom stereocenters. The average molecular weight is 385 g/mol. The summed E-state index contributed by atoms with van der Waals surface area (Å²) in [6, 6.07) is 11.4. The highest BCUT2D eigenvalue weighted by Crippen LogP contribution is 2.26. The van der Waals surface area contributed by atoms with Crippen molar-refractivity contribution in [1.82, 2.24) is 9.55 Å². The molecule has 0 radical (unpaired) electrons. The summed E-state index contributed by atoms with van der Waals surface area (Å²) < 4.78 is 7.96. The van der Waals surface area contributed by atoms with Crippen LogP contribution in [0.1, 0.15) is 28.9 Å². The summed E-state index contributed by atoms with van der Waals surface area (Å²) in [7, 11) is 0. The molecule has 0 atom stereocenters. The van der Waals surface area contributed by atoms with E-state index < -0.39 is 5.97 Å². The summed E-state index contributed by atoms with van der Waals surface area (Å²) in [6.45, 7) is 4.30. The van der Waals surface area contributed by atoms with Gasteiger partial charge in [-0.15, -0.1) is 0 Å². The minimum Gasteiger partial charge on any atom is -0.485 e. The van der Waals surface area contributed by atoms with Gasteiger partial charge in [-0.25, -0.2) is 4.98 Å². The third kappa shape index (κ3) is 4.49. The van der Waals surface area contributed by atoms with Gasteiger partial charge >= 0.3 is 5.97 Å². The predicted octanol–water partition coefficient (Wildman–Crippen LogP) is 4.74. The van der Waals surface area contributed by atoms with Crippen molar-refractivity contribution in [2.24, 2.45) is 0 Å². The quantitative estimate of drug-likeness (QED) is 0.639. The van der Waals surface area contributed by atoms with Crippen LogP contribution in [0.25, 0.3) is 5.69 Å². The molecule has 1 heterocycles. The van der Waals surface area contributed by atoms with Crippen molar-refractivity contribution >= 4 is 17.6 Å². The number of hydrogen-bond donors (Lipinski definition) is 1. The number of carbonyl (C=O) groups is 1. The number of rotatable bonds is 7. The summed E-state index contributed by atoms with van der Waals surface area (Å²) >= 11 is 5.96. The van der Waals surface area contributed by atoms with Crippen molar-refractivity contribution in [3.05, 3.63) is 76.3 Å². The van der Waals surface area contributed by atoms with Crippen molar-refractivity contribution < 1.29 is 14.6 Å². The highest BCUT2D eigenvalue weighted by molar-refractivity contribution is 6.30. The fraction of sp³-hybridized carbons (Fsp3) is 0.238. The van der Waals surface area contributed by atoms with Gasteiger partial charge in [-0.3, -0.25) is 4.79 Å². The first-order chi connectivity index (χ1) is 13.0. The zero-order valence-electron chi connectivity index (χ0n) is 15.3. The lowest BCUT2D eigenvalue weighted by Gasteiger charge is -2.15. The molecule has 0 bridgehead atoms. The summed E-state index contributed by atoms with van der Waals surface area (Å²) in [6.07, 6.45) is 4.26. The van der Waals surface area contributed by atoms with Crippen LogP contribution < -0.4 is 4.74 Å². The Hall–Kier alpha value is -2.79.